The van der Waals surface area contributed by atoms with Crippen molar-refractivity contribution in [1.29, 1.82) is 0 Å². The van der Waals surface area contributed by atoms with Crippen molar-refractivity contribution >= 4 is 0 Å². The highest BCUT2D eigenvalue weighted by molar-refractivity contribution is 4.93. The molecule has 3 heteroatoms. The van der Waals surface area contributed by atoms with Crippen molar-refractivity contribution < 1.29 is 10.2 Å². The van der Waals surface area contributed by atoms with Crippen molar-refractivity contribution in [2.45, 2.75) is 69.9 Å². The van der Waals surface area contributed by atoms with Gasteiger partial charge in [-0.15, -0.1) is 0 Å². The number of nitrogens with zero attached hydrogens (tertiary/aromatic N) is 1. The third kappa shape index (κ3) is 2.98. The lowest BCUT2D eigenvalue weighted by Crippen LogP contribution is -2.48. The van der Waals surface area contributed by atoms with Gasteiger partial charge in [-0.25, -0.2) is 0 Å². The van der Waals surface area contributed by atoms with Crippen LogP contribution in [0.1, 0.15) is 57.8 Å². The van der Waals surface area contributed by atoms with E-state index in [1.807, 2.05) is 0 Å². The van der Waals surface area contributed by atoms with Gasteiger partial charge in [-0.3, -0.25) is 4.90 Å². The number of likely N-dealkylation sites (tertiary alicyclic amines) is 1. The molecule has 3 nitrogen and oxygen atoms in total. The van der Waals surface area contributed by atoms with Crippen LogP contribution in [-0.2, 0) is 0 Å². The average molecular weight is 267 g/mol. The number of rotatable bonds is 3. The first kappa shape index (κ1) is 13.8. The number of piperidine rings is 1. The van der Waals surface area contributed by atoms with E-state index in [0.717, 1.165) is 37.3 Å². The van der Waals surface area contributed by atoms with E-state index in [-0.39, 0.29) is 18.8 Å². The molecule has 0 aromatic rings. The molecular weight excluding hydrogens is 238 g/mol. The Bertz CT molecular complexity index is 293. The molecule has 1 heterocycles. The van der Waals surface area contributed by atoms with Gasteiger partial charge in [0.1, 0.15) is 0 Å². The van der Waals surface area contributed by atoms with Crippen molar-refractivity contribution in [2.75, 3.05) is 19.7 Å². The second kappa shape index (κ2) is 5.71. The fraction of sp³-hybridized carbons (Fsp3) is 1.00. The van der Waals surface area contributed by atoms with Crippen molar-refractivity contribution in [2.24, 2.45) is 11.3 Å². The molecule has 2 unspecified atom stereocenters. The van der Waals surface area contributed by atoms with E-state index in [1.165, 1.54) is 44.9 Å². The van der Waals surface area contributed by atoms with E-state index in [9.17, 15) is 10.2 Å². The molecule has 0 aromatic carbocycles. The standard InChI is InChI=1S/C16H29NO2/c18-12-14-10-15(19)4-9-17(14)11-13-2-7-16(8-3-13)5-1-6-16/h13-15,18-19H,1-12H2. The topological polar surface area (TPSA) is 43.7 Å². The summed E-state index contributed by atoms with van der Waals surface area (Å²) < 4.78 is 0. The average Bonchev–Trinajstić information content (AvgIpc) is 2.40. The maximum Gasteiger partial charge on any atom is 0.0587 e. The minimum atomic E-state index is -0.196. The van der Waals surface area contributed by atoms with E-state index >= 15 is 0 Å². The number of aliphatic hydroxyl groups excluding tert-OH is 2. The predicted molar refractivity (Wildman–Crippen MR) is 75.9 cm³/mol. The van der Waals surface area contributed by atoms with Gasteiger partial charge in [-0.1, -0.05) is 6.42 Å². The maximum absolute atomic E-state index is 9.70. The van der Waals surface area contributed by atoms with Gasteiger partial charge >= 0.3 is 0 Å². The van der Waals surface area contributed by atoms with Crippen LogP contribution in [0.5, 0.6) is 0 Å². The van der Waals surface area contributed by atoms with Gasteiger partial charge in [0.15, 0.2) is 0 Å². The maximum atomic E-state index is 9.70. The molecule has 1 aliphatic heterocycles. The molecule has 2 N–H and O–H groups in total. The molecule has 0 amide bonds. The summed E-state index contributed by atoms with van der Waals surface area (Å²) in [6.45, 7) is 2.32. The SMILES string of the molecule is OCC1CC(O)CCN1CC1CCC2(CCC2)CC1. The molecule has 1 saturated heterocycles. The molecule has 2 saturated carbocycles. The Morgan fingerprint density at radius 2 is 1.79 bits per heavy atom. The van der Waals surface area contributed by atoms with Crippen molar-refractivity contribution in [3.8, 4) is 0 Å². The van der Waals surface area contributed by atoms with Crippen LogP contribution in [-0.4, -0.2) is 47.0 Å². The van der Waals surface area contributed by atoms with Crippen LogP contribution in [0.25, 0.3) is 0 Å². The molecule has 110 valence electrons. The third-order valence-corrected chi connectivity index (χ3v) is 6.09. The Kier molecular flexibility index (Phi) is 4.16. The molecule has 2 atom stereocenters. The number of hydrogen-bond acceptors (Lipinski definition) is 3. The highest BCUT2D eigenvalue weighted by Gasteiger charge is 2.40. The summed E-state index contributed by atoms with van der Waals surface area (Å²) in [5.74, 6) is 0.829. The quantitative estimate of drug-likeness (QED) is 0.823. The Hall–Kier alpha value is -0.120. The molecule has 1 spiro atoms. The van der Waals surface area contributed by atoms with Crippen LogP contribution < -0.4 is 0 Å². The van der Waals surface area contributed by atoms with Gasteiger partial charge in [0, 0.05) is 19.1 Å². The van der Waals surface area contributed by atoms with E-state index in [4.69, 9.17) is 0 Å². The molecule has 19 heavy (non-hydrogen) atoms. The van der Waals surface area contributed by atoms with Gasteiger partial charge in [0.05, 0.1) is 12.7 Å². The van der Waals surface area contributed by atoms with E-state index in [1.54, 1.807) is 0 Å². The van der Waals surface area contributed by atoms with Crippen LogP contribution >= 0.6 is 0 Å². The Morgan fingerprint density at radius 3 is 2.37 bits per heavy atom. The van der Waals surface area contributed by atoms with Crippen molar-refractivity contribution in [3.63, 3.8) is 0 Å². The second-order valence-corrected chi connectivity index (χ2v) is 7.31. The summed E-state index contributed by atoms with van der Waals surface area (Å²) in [6, 6.07) is 0.198. The smallest absolute Gasteiger partial charge is 0.0587 e. The largest absolute Gasteiger partial charge is 0.395 e. The molecule has 2 aliphatic carbocycles. The molecular formula is C16H29NO2. The van der Waals surface area contributed by atoms with Crippen LogP contribution in [0.2, 0.25) is 0 Å². The minimum absolute atomic E-state index is 0.196. The van der Waals surface area contributed by atoms with E-state index in [0.29, 0.717) is 0 Å². The zero-order valence-electron chi connectivity index (χ0n) is 12.1. The molecule has 0 bridgehead atoms. The van der Waals surface area contributed by atoms with Gasteiger partial charge in [0.25, 0.3) is 0 Å². The van der Waals surface area contributed by atoms with Crippen LogP contribution in [0.3, 0.4) is 0 Å². The summed E-state index contributed by atoms with van der Waals surface area (Å²) in [7, 11) is 0. The highest BCUT2D eigenvalue weighted by atomic mass is 16.3. The van der Waals surface area contributed by atoms with Gasteiger partial charge in [0.2, 0.25) is 0 Å². The molecule has 3 aliphatic rings. The van der Waals surface area contributed by atoms with Crippen LogP contribution in [0, 0.1) is 11.3 Å². The fourth-order valence-electron chi connectivity index (χ4n) is 4.49. The first-order chi connectivity index (χ1) is 9.21. The van der Waals surface area contributed by atoms with Crippen molar-refractivity contribution in [3.05, 3.63) is 0 Å². The predicted octanol–water partition coefficient (Wildman–Crippen LogP) is 2.16. The zero-order valence-corrected chi connectivity index (χ0v) is 12.1. The van der Waals surface area contributed by atoms with Gasteiger partial charge in [-0.2, -0.15) is 0 Å². The summed E-state index contributed by atoms with van der Waals surface area (Å²) >= 11 is 0. The van der Waals surface area contributed by atoms with Gasteiger partial charge in [-0.05, 0) is 62.7 Å². The normalized spacial score (nSPS) is 36.3. The lowest BCUT2D eigenvalue weighted by atomic mass is 9.59. The fourth-order valence-corrected chi connectivity index (χ4v) is 4.49. The van der Waals surface area contributed by atoms with Gasteiger partial charge < -0.3 is 10.2 Å². The molecule has 0 radical (unpaired) electrons. The summed E-state index contributed by atoms with van der Waals surface area (Å²) in [5.41, 5.74) is 0.755. The Balaban J connectivity index is 1.48. The van der Waals surface area contributed by atoms with E-state index < -0.39 is 0 Å². The molecule has 0 aromatic heterocycles. The first-order valence-corrected chi connectivity index (χ1v) is 8.24. The Labute approximate surface area is 117 Å². The number of aliphatic hydroxyl groups is 2. The zero-order chi connectivity index (χ0) is 13.3. The Morgan fingerprint density at radius 1 is 1.05 bits per heavy atom. The number of hydrogen-bond donors (Lipinski definition) is 2. The molecule has 3 rings (SSSR count). The van der Waals surface area contributed by atoms with E-state index in [2.05, 4.69) is 4.90 Å². The lowest BCUT2D eigenvalue weighted by Gasteiger charge is -2.48. The van der Waals surface area contributed by atoms with Crippen LogP contribution in [0.15, 0.2) is 0 Å². The first-order valence-electron chi connectivity index (χ1n) is 8.24. The van der Waals surface area contributed by atoms with Crippen molar-refractivity contribution in [1.82, 2.24) is 4.90 Å². The highest BCUT2D eigenvalue weighted by Crippen LogP contribution is 2.52. The summed E-state index contributed by atoms with van der Waals surface area (Å²) in [4.78, 5) is 2.44. The molecule has 3 fully saturated rings. The second-order valence-electron chi connectivity index (χ2n) is 7.31. The minimum Gasteiger partial charge on any atom is -0.395 e. The summed E-state index contributed by atoms with van der Waals surface area (Å²) in [6.07, 6.45) is 11.5. The third-order valence-electron chi connectivity index (χ3n) is 6.09. The lowest BCUT2D eigenvalue weighted by molar-refractivity contribution is -0.00587. The summed E-state index contributed by atoms with van der Waals surface area (Å²) in [5, 5.41) is 19.2. The van der Waals surface area contributed by atoms with Crippen LogP contribution in [0.4, 0.5) is 0 Å². The monoisotopic (exact) mass is 267 g/mol.